The molecule has 0 unspecified atom stereocenters. The third kappa shape index (κ3) is 3.37. The molecule has 0 N–H and O–H groups in total. The predicted octanol–water partition coefficient (Wildman–Crippen LogP) is 3.28. The van der Waals surface area contributed by atoms with E-state index in [1.807, 2.05) is 16.7 Å². The second-order valence-electron chi connectivity index (χ2n) is 5.60. The van der Waals surface area contributed by atoms with Gasteiger partial charge < -0.3 is 4.57 Å². The largest absolute Gasteiger partial charge is 0.302 e. The Bertz CT molecular complexity index is 1060. The smallest absolute Gasteiger partial charge is 0.299 e. The minimum Gasteiger partial charge on any atom is -0.302 e. The van der Waals surface area contributed by atoms with Crippen molar-refractivity contribution in [1.29, 1.82) is 0 Å². The van der Waals surface area contributed by atoms with Gasteiger partial charge in [-0.1, -0.05) is 6.92 Å². The van der Waals surface area contributed by atoms with Crippen LogP contribution in [0.2, 0.25) is 0 Å². The Morgan fingerprint density at radius 1 is 1.04 bits per heavy atom. The van der Waals surface area contributed by atoms with E-state index in [2.05, 4.69) is 37.4 Å². The molecule has 4 heterocycles. The molecule has 0 aromatic carbocycles. The minimum absolute atomic E-state index is 0.266. The van der Waals surface area contributed by atoms with E-state index in [4.69, 9.17) is 0 Å². The molecular weight excluding hydrogens is 374 g/mol. The van der Waals surface area contributed by atoms with Crippen molar-refractivity contribution in [3.63, 3.8) is 0 Å². The van der Waals surface area contributed by atoms with Gasteiger partial charge in [-0.05, 0) is 42.4 Å². The normalized spacial score (nSPS) is 11.6. The molecular formula is C16H14F2N8S. The average Bonchev–Trinajstić information content (AvgIpc) is 3.27. The highest BCUT2D eigenvalue weighted by Gasteiger charge is 2.19. The molecule has 0 amide bonds. The Kier molecular flexibility index (Phi) is 4.75. The molecule has 0 spiro atoms. The van der Waals surface area contributed by atoms with Gasteiger partial charge in [-0.3, -0.25) is 4.98 Å². The van der Waals surface area contributed by atoms with Gasteiger partial charge in [0.05, 0.1) is 0 Å². The lowest BCUT2D eigenvalue weighted by Gasteiger charge is -2.08. The molecule has 0 aliphatic carbocycles. The van der Waals surface area contributed by atoms with E-state index in [9.17, 15) is 8.78 Å². The number of alkyl halides is 2. The van der Waals surface area contributed by atoms with Crippen LogP contribution < -0.4 is 0 Å². The fourth-order valence-electron chi connectivity index (χ4n) is 2.58. The third-order valence-electron chi connectivity index (χ3n) is 3.76. The van der Waals surface area contributed by atoms with Gasteiger partial charge in [0.1, 0.15) is 5.03 Å². The SMILES string of the molecule is CCCn1c(Sc2ccc3nnc(C(F)F)n3n2)nnc1-c1ccncc1. The van der Waals surface area contributed by atoms with Crippen LogP contribution in [0.15, 0.2) is 46.8 Å². The van der Waals surface area contributed by atoms with Crippen LogP contribution in [0.4, 0.5) is 8.78 Å². The Balaban J connectivity index is 1.71. The molecule has 0 saturated heterocycles. The van der Waals surface area contributed by atoms with Crippen molar-refractivity contribution in [3.05, 3.63) is 42.5 Å². The van der Waals surface area contributed by atoms with Crippen LogP contribution >= 0.6 is 11.8 Å². The van der Waals surface area contributed by atoms with Gasteiger partial charge in [0.2, 0.25) is 5.82 Å². The van der Waals surface area contributed by atoms with Gasteiger partial charge in [0, 0.05) is 24.5 Å². The standard InChI is InChI=1S/C16H14F2N8S/c1-2-9-25-14(10-5-7-19-8-6-10)21-23-16(25)27-12-4-3-11-20-22-15(13(17)18)26(11)24-12/h3-8,13H,2,9H2,1H3. The first-order valence-electron chi connectivity index (χ1n) is 8.19. The quantitative estimate of drug-likeness (QED) is 0.501. The summed E-state index contributed by atoms with van der Waals surface area (Å²) in [7, 11) is 0. The average molecular weight is 388 g/mol. The van der Waals surface area contributed by atoms with Crippen molar-refractivity contribution in [2.45, 2.75) is 36.5 Å². The first kappa shape index (κ1) is 17.5. The molecule has 0 saturated carbocycles. The first-order valence-corrected chi connectivity index (χ1v) is 9.01. The van der Waals surface area contributed by atoms with Gasteiger partial charge in [-0.25, -0.2) is 8.78 Å². The lowest BCUT2D eigenvalue weighted by Crippen LogP contribution is -2.03. The minimum atomic E-state index is -2.75. The molecule has 0 radical (unpaired) electrons. The van der Waals surface area contributed by atoms with E-state index in [1.54, 1.807) is 24.5 Å². The number of nitrogens with zero attached hydrogens (tertiary/aromatic N) is 8. The summed E-state index contributed by atoms with van der Waals surface area (Å²) in [6.45, 7) is 2.77. The zero-order valence-corrected chi connectivity index (χ0v) is 15.0. The van der Waals surface area contributed by atoms with Crippen LogP contribution in [-0.2, 0) is 6.54 Å². The van der Waals surface area contributed by atoms with Gasteiger partial charge >= 0.3 is 0 Å². The summed E-state index contributed by atoms with van der Waals surface area (Å²) >= 11 is 1.25. The van der Waals surface area contributed by atoms with Crippen molar-refractivity contribution in [2.75, 3.05) is 0 Å². The third-order valence-corrected chi connectivity index (χ3v) is 4.67. The van der Waals surface area contributed by atoms with Crippen molar-refractivity contribution in [1.82, 2.24) is 39.6 Å². The number of halogens is 2. The maximum atomic E-state index is 13.0. The molecule has 0 aliphatic rings. The lowest BCUT2D eigenvalue weighted by atomic mass is 10.2. The summed E-state index contributed by atoms with van der Waals surface area (Å²) in [4.78, 5) is 4.02. The number of rotatable bonds is 6. The van der Waals surface area contributed by atoms with Crippen LogP contribution in [-0.4, -0.2) is 39.6 Å². The summed E-state index contributed by atoms with van der Waals surface area (Å²) in [5.74, 6) is 0.236. The molecule has 4 rings (SSSR count). The van der Waals surface area contributed by atoms with E-state index < -0.39 is 12.2 Å². The molecule has 4 aromatic rings. The second kappa shape index (κ2) is 7.35. The molecule has 8 nitrogen and oxygen atoms in total. The van der Waals surface area contributed by atoms with Crippen LogP contribution in [0, 0.1) is 0 Å². The van der Waals surface area contributed by atoms with Crippen molar-refractivity contribution >= 4 is 17.4 Å². The number of hydrogen-bond donors (Lipinski definition) is 0. The molecule has 138 valence electrons. The summed E-state index contributed by atoms with van der Waals surface area (Å²) in [6, 6.07) is 7.02. The molecule has 0 fully saturated rings. The second-order valence-corrected chi connectivity index (χ2v) is 6.58. The number of aromatic nitrogens is 8. The van der Waals surface area contributed by atoms with Crippen molar-refractivity contribution in [2.24, 2.45) is 0 Å². The molecule has 27 heavy (non-hydrogen) atoms. The Labute approximate surface area is 156 Å². The van der Waals surface area contributed by atoms with Gasteiger partial charge in [-0.15, -0.1) is 20.4 Å². The fourth-order valence-corrected chi connectivity index (χ4v) is 3.39. The maximum absolute atomic E-state index is 13.0. The number of fused-ring (bicyclic) bond motifs is 1. The zero-order valence-electron chi connectivity index (χ0n) is 14.2. The highest BCUT2D eigenvalue weighted by atomic mass is 32.2. The topological polar surface area (TPSA) is 86.7 Å². The summed E-state index contributed by atoms with van der Waals surface area (Å²) in [5.41, 5.74) is 1.17. The Hall–Kier alpha value is -2.95. The van der Waals surface area contributed by atoms with Gasteiger partial charge in [0.15, 0.2) is 16.6 Å². The highest BCUT2D eigenvalue weighted by Crippen LogP contribution is 2.29. The number of pyridine rings is 1. The summed E-state index contributed by atoms with van der Waals surface area (Å²) in [5, 5.41) is 21.1. The first-order chi connectivity index (χ1) is 13.2. The predicted molar refractivity (Wildman–Crippen MR) is 93.4 cm³/mol. The molecule has 4 aromatic heterocycles. The van der Waals surface area contributed by atoms with E-state index in [-0.39, 0.29) is 5.65 Å². The molecule has 11 heteroatoms. The van der Waals surface area contributed by atoms with E-state index in [0.29, 0.717) is 16.7 Å². The van der Waals surface area contributed by atoms with Crippen molar-refractivity contribution in [3.8, 4) is 11.4 Å². The molecule has 0 bridgehead atoms. The summed E-state index contributed by atoms with van der Waals surface area (Å²) < 4.78 is 29.1. The zero-order chi connectivity index (χ0) is 18.8. The van der Waals surface area contributed by atoms with E-state index in [0.717, 1.165) is 22.3 Å². The molecule has 0 aliphatic heterocycles. The monoisotopic (exact) mass is 388 g/mol. The fraction of sp³-hybridized carbons (Fsp3) is 0.250. The van der Waals surface area contributed by atoms with Gasteiger partial charge in [-0.2, -0.15) is 9.61 Å². The van der Waals surface area contributed by atoms with E-state index >= 15 is 0 Å². The Morgan fingerprint density at radius 2 is 1.85 bits per heavy atom. The number of hydrogen-bond acceptors (Lipinski definition) is 7. The Morgan fingerprint density at radius 3 is 2.59 bits per heavy atom. The summed E-state index contributed by atoms with van der Waals surface area (Å²) in [6.07, 6.45) is 1.52. The maximum Gasteiger partial charge on any atom is 0.299 e. The van der Waals surface area contributed by atoms with Crippen LogP contribution in [0.5, 0.6) is 0 Å². The van der Waals surface area contributed by atoms with Gasteiger partial charge in [0.25, 0.3) is 6.43 Å². The lowest BCUT2D eigenvalue weighted by molar-refractivity contribution is 0.137. The van der Waals surface area contributed by atoms with Crippen LogP contribution in [0.1, 0.15) is 25.6 Å². The van der Waals surface area contributed by atoms with Crippen LogP contribution in [0.25, 0.3) is 17.0 Å². The molecule has 0 atom stereocenters. The highest BCUT2D eigenvalue weighted by molar-refractivity contribution is 7.99. The van der Waals surface area contributed by atoms with E-state index in [1.165, 1.54) is 11.8 Å². The van der Waals surface area contributed by atoms with Crippen molar-refractivity contribution < 1.29 is 8.78 Å². The van der Waals surface area contributed by atoms with Crippen LogP contribution in [0.3, 0.4) is 0 Å².